The topological polar surface area (TPSA) is 94.8 Å². The fraction of sp³-hybridized carbons (Fsp3) is 0.154. The largest absolute Gasteiger partial charge is 0.460 e. The molecule has 0 aromatic carbocycles. The van der Waals surface area contributed by atoms with Crippen molar-refractivity contribution in [1.29, 1.82) is 0 Å². The summed E-state index contributed by atoms with van der Waals surface area (Å²) in [6.45, 7) is 3.50. The first kappa shape index (κ1) is 16.6. The Bertz CT molecular complexity index is 771. The average Bonchev–Trinajstić information content (AvgIpc) is 2.92. The average molecular weight is 363 g/mol. The maximum Gasteiger partial charge on any atom is 0.337 e. The van der Waals surface area contributed by atoms with Gasteiger partial charge in [0.1, 0.15) is 27.3 Å². The summed E-state index contributed by atoms with van der Waals surface area (Å²) < 4.78 is 5.39. The summed E-state index contributed by atoms with van der Waals surface area (Å²) >= 11 is 17.6. The molecule has 0 saturated carbocycles. The number of nitrogens with one attached hydrogen (secondary N) is 2. The van der Waals surface area contributed by atoms with Gasteiger partial charge in [-0.05, 0) is 37.6 Å². The van der Waals surface area contributed by atoms with Crippen LogP contribution in [0.4, 0.5) is 5.69 Å². The van der Waals surface area contributed by atoms with E-state index in [4.69, 9.17) is 45.0 Å². The molecule has 0 spiro atoms. The molecule has 2 aromatic heterocycles. The van der Waals surface area contributed by atoms with Gasteiger partial charge in [0.05, 0.1) is 5.69 Å². The highest BCUT2D eigenvalue weighted by Crippen LogP contribution is 2.31. The van der Waals surface area contributed by atoms with Gasteiger partial charge in [-0.15, -0.1) is 0 Å². The van der Waals surface area contributed by atoms with Crippen molar-refractivity contribution in [3.8, 4) is 0 Å². The van der Waals surface area contributed by atoms with Crippen LogP contribution in [-0.2, 0) is 0 Å². The van der Waals surface area contributed by atoms with Gasteiger partial charge in [-0.3, -0.25) is 4.79 Å². The van der Waals surface area contributed by atoms with Gasteiger partial charge in [0.2, 0.25) is 0 Å². The lowest BCUT2D eigenvalue weighted by Gasteiger charge is -2.03. The number of carbonyl (C=O) groups is 1. The molecule has 0 unspecified atom stereocenters. The van der Waals surface area contributed by atoms with E-state index in [-0.39, 0.29) is 26.6 Å². The fourth-order valence-electron chi connectivity index (χ4n) is 1.60. The molecule has 0 aliphatic rings. The number of aryl methyl sites for hydroxylation is 1. The molecule has 0 atom stereocenters. The zero-order chi connectivity index (χ0) is 16.4. The minimum atomic E-state index is -0.613. The number of halogens is 3. The Balaban J connectivity index is 2.23. The van der Waals surface area contributed by atoms with Crippen LogP contribution in [0, 0.1) is 6.92 Å². The molecule has 22 heavy (non-hydrogen) atoms. The van der Waals surface area contributed by atoms with E-state index in [9.17, 15) is 4.79 Å². The molecule has 0 bridgehead atoms. The third-order valence-electron chi connectivity index (χ3n) is 2.77. The molecular weight excluding hydrogens is 351 g/mol. The van der Waals surface area contributed by atoms with E-state index in [1.807, 2.05) is 6.92 Å². The Morgan fingerprint density at radius 1 is 1.32 bits per heavy atom. The molecule has 2 heterocycles. The molecular formula is C13H12Cl3N4O2+. The minimum absolute atomic E-state index is 0.0103. The minimum Gasteiger partial charge on any atom is -0.460 e. The van der Waals surface area contributed by atoms with Crippen molar-refractivity contribution in [2.75, 3.05) is 5.73 Å². The molecule has 0 aliphatic heterocycles. The van der Waals surface area contributed by atoms with Gasteiger partial charge in [0.25, 0.3) is 10.8 Å². The van der Waals surface area contributed by atoms with E-state index in [1.54, 1.807) is 19.1 Å². The van der Waals surface area contributed by atoms with Gasteiger partial charge < -0.3 is 10.2 Å². The molecule has 4 N–H and O–H groups in total. The lowest BCUT2D eigenvalue weighted by molar-refractivity contribution is -0.379. The van der Waals surface area contributed by atoms with Crippen LogP contribution in [0.15, 0.2) is 21.7 Å². The maximum atomic E-state index is 12.1. The van der Waals surface area contributed by atoms with Crippen LogP contribution in [0.3, 0.4) is 0 Å². The molecule has 0 aliphatic carbocycles. The van der Waals surface area contributed by atoms with Crippen LogP contribution in [0.2, 0.25) is 15.2 Å². The zero-order valence-electron chi connectivity index (χ0n) is 11.6. The smallest absolute Gasteiger partial charge is 0.337 e. The Labute approximate surface area is 141 Å². The molecule has 116 valence electrons. The molecule has 0 radical (unpaired) electrons. The van der Waals surface area contributed by atoms with E-state index in [1.165, 1.54) is 0 Å². The van der Waals surface area contributed by atoms with E-state index in [0.717, 1.165) is 5.76 Å². The lowest BCUT2D eigenvalue weighted by atomic mass is 10.3. The number of furan rings is 1. The third kappa shape index (κ3) is 3.35. The van der Waals surface area contributed by atoms with Crippen LogP contribution in [0.5, 0.6) is 0 Å². The normalized spacial score (nSPS) is 11.6. The summed E-state index contributed by atoms with van der Waals surface area (Å²) in [7, 11) is 0. The Morgan fingerprint density at radius 2 is 2.00 bits per heavy atom. The summed E-state index contributed by atoms with van der Waals surface area (Å²) in [5.74, 6) is 0.670. The van der Waals surface area contributed by atoms with Crippen LogP contribution in [0.25, 0.3) is 0 Å². The lowest BCUT2D eigenvalue weighted by Crippen LogP contribution is -2.28. The van der Waals surface area contributed by atoms with Gasteiger partial charge in [-0.2, -0.15) is 10.1 Å². The number of pyridine rings is 1. The number of aromatic nitrogens is 1. The van der Waals surface area contributed by atoms with Gasteiger partial charge in [0, 0.05) is 0 Å². The highest BCUT2D eigenvalue weighted by molar-refractivity contribution is 6.45. The van der Waals surface area contributed by atoms with Crippen molar-refractivity contribution in [3.63, 3.8) is 0 Å². The van der Waals surface area contributed by atoms with Gasteiger partial charge >= 0.3 is 5.91 Å². The van der Waals surface area contributed by atoms with Crippen molar-refractivity contribution >= 4 is 52.1 Å². The third-order valence-corrected chi connectivity index (χ3v) is 3.93. The van der Waals surface area contributed by atoms with Crippen molar-refractivity contribution in [3.05, 3.63) is 44.5 Å². The van der Waals surface area contributed by atoms with Crippen LogP contribution < -0.4 is 16.1 Å². The summed E-state index contributed by atoms with van der Waals surface area (Å²) in [4.78, 5) is 14.7. The number of anilines is 1. The van der Waals surface area contributed by atoms with Crippen molar-refractivity contribution < 1.29 is 14.2 Å². The van der Waals surface area contributed by atoms with Gasteiger partial charge in [0.15, 0.2) is 0 Å². The monoisotopic (exact) mass is 361 g/mol. The zero-order valence-corrected chi connectivity index (χ0v) is 13.9. The second-order valence-corrected chi connectivity index (χ2v) is 5.54. The number of hydrogen-bond acceptors (Lipinski definition) is 4. The van der Waals surface area contributed by atoms with Gasteiger partial charge in [-0.1, -0.05) is 23.2 Å². The Morgan fingerprint density at radius 3 is 2.59 bits per heavy atom. The molecule has 0 saturated heterocycles. The standard InChI is InChI=1S/C13H11Cl3N4O2/c1-5-3-4-7(22-5)6(2)19-20-13(21)11-8(14)10(17)9(15)12(16)18-11/h3-4H,1-2H3,(H2,17,18)(H,20,21)/p+1/b19-6-. The second kappa shape index (κ2) is 6.56. The van der Waals surface area contributed by atoms with E-state index >= 15 is 0 Å². The summed E-state index contributed by atoms with van der Waals surface area (Å²) in [6.07, 6.45) is 0. The highest BCUT2D eigenvalue weighted by Gasteiger charge is 2.26. The van der Waals surface area contributed by atoms with Crippen molar-refractivity contribution in [2.45, 2.75) is 13.8 Å². The number of H-pyrrole nitrogens is 1. The van der Waals surface area contributed by atoms with Gasteiger partial charge in [-0.25, -0.2) is 5.43 Å². The Hall–Kier alpha value is -1.76. The first-order valence-electron chi connectivity index (χ1n) is 6.08. The molecule has 6 nitrogen and oxygen atoms in total. The summed E-state index contributed by atoms with van der Waals surface area (Å²) in [5, 5.41) is 3.96. The molecule has 9 heteroatoms. The first-order valence-corrected chi connectivity index (χ1v) is 7.21. The number of amides is 1. The number of hydrogen-bond donors (Lipinski definition) is 2. The Kier molecular flexibility index (Phi) is 4.95. The first-order chi connectivity index (χ1) is 10.3. The van der Waals surface area contributed by atoms with E-state index < -0.39 is 5.91 Å². The SMILES string of the molecule is C/C(=N/NC(=O)c1[nH+]c(Cl)c(Cl)c(N)c1Cl)c1ccc(C)o1. The summed E-state index contributed by atoms with van der Waals surface area (Å²) in [6, 6.07) is 3.54. The maximum absolute atomic E-state index is 12.1. The molecule has 0 fully saturated rings. The van der Waals surface area contributed by atoms with E-state index in [2.05, 4.69) is 15.5 Å². The van der Waals surface area contributed by atoms with Crippen molar-refractivity contribution in [1.82, 2.24) is 5.43 Å². The number of nitrogens with zero attached hydrogens (tertiary/aromatic N) is 1. The number of carbonyl (C=O) groups excluding carboxylic acids is 1. The van der Waals surface area contributed by atoms with Crippen LogP contribution in [-0.4, -0.2) is 11.6 Å². The summed E-state index contributed by atoms with van der Waals surface area (Å²) in [5.41, 5.74) is 8.47. The van der Waals surface area contributed by atoms with Crippen LogP contribution in [0.1, 0.15) is 28.9 Å². The molecule has 2 rings (SSSR count). The predicted molar refractivity (Wildman–Crippen MR) is 85.6 cm³/mol. The van der Waals surface area contributed by atoms with Crippen LogP contribution >= 0.6 is 34.8 Å². The number of nitrogens with two attached hydrogens (primary N) is 1. The number of hydrazone groups is 1. The van der Waals surface area contributed by atoms with E-state index in [0.29, 0.717) is 11.5 Å². The molecule has 1 amide bonds. The predicted octanol–water partition coefficient (Wildman–Crippen LogP) is 3.10. The number of nitrogen functional groups attached to an aromatic ring is 1. The second-order valence-electron chi connectivity index (χ2n) is 4.40. The quantitative estimate of drug-likeness (QED) is 0.499. The number of rotatable bonds is 3. The molecule has 2 aromatic rings. The number of aromatic amines is 1. The highest BCUT2D eigenvalue weighted by atomic mass is 35.5. The fourth-order valence-corrected chi connectivity index (χ4v) is 2.21. The van der Waals surface area contributed by atoms with Crippen molar-refractivity contribution in [2.24, 2.45) is 5.10 Å².